The third kappa shape index (κ3) is 2.75. The van der Waals surface area contributed by atoms with E-state index in [0.717, 1.165) is 0 Å². The number of nitrogens with one attached hydrogen (secondary N) is 2. The van der Waals surface area contributed by atoms with Crippen molar-refractivity contribution < 1.29 is 13.2 Å². The Balaban J connectivity index is 2.29. The molecule has 0 bridgehead atoms. The Morgan fingerprint density at radius 1 is 1.50 bits per heavy atom. The highest BCUT2D eigenvalue weighted by atomic mass is 32.2. The summed E-state index contributed by atoms with van der Waals surface area (Å²) in [6.45, 7) is 0.431. The summed E-state index contributed by atoms with van der Waals surface area (Å²) in [6, 6.07) is 1.17. The van der Waals surface area contributed by atoms with Gasteiger partial charge in [0.25, 0.3) is 0 Å². The Labute approximate surface area is 117 Å². The monoisotopic (exact) mass is 299 g/mol. The first kappa shape index (κ1) is 14.7. The molecule has 7 nitrogen and oxygen atoms in total. The molecule has 1 aromatic rings. The van der Waals surface area contributed by atoms with Crippen LogP contribution in [0.3, 0.4) is 0 Å². The van der Waals surface area contributed by atoms with Crippen molar-refractivity contribution in [1.82, 2.24) is 14.6 Å². The van der Waals surface area contributed by atoms with Gasteiger partial charge in [-0.15, -0.1) is 0 Å². The molecule has 1 unspecified atom stereocenters. The first-order valence-electron chi connectivity index (χ1n) is 6.35. The molecule has 8 heteroatoms. The first-order valence-corrected chi connectivity index (χ1v) is 7.79. The Morgan fingerprint density at radius 3 is 2.90 bits per heavy atom. The standard InChI is InChI=1S/C12H17N3O4S/c1-13-12(17)9-3-2-6-15(8-9)20(18,19)11-7-14-5-4-10(11)16/h4-5,7,9H,2-3,6,8H2,1H3,(H,13,17)(H,14,16). The second kappa shape index (κ2) is 5.76. The highest BCUT2D eigenvalue weighted by Gasteiger charge is 2.34. The minimum absolute atomic E-state index is 0.107. The van der Waals surface area contributed by atoms with Crippen molar-refractivity contribution in [2.45, 2.75) is 17.7 Å². The minimum atomic E-state index is -3.86. The number of rotatable bonds is 3. The van der Waals surface area contributed by atoms with Gasteiger partial charge in [-0.05, 0) is 12.8 Å². The van der Waals surface area contributed by atoms with Crippen LogP contribution in [0.25, 0.3) is 0 Å². The van der Waals surface area contributed by atoms with Crippen molar-refractivity contribution >= 4 is 15.9 Å². The molecule has 20 heavy (non-hydrogen) atoms. The normalized spacial score (nSPS) is 20.6. The fourth-order valence-corrected chi connectivity index (χ4v) is 3.88. The summed E-state index contributed by atoms with van der Waals surface area (Å²) in [4.78, 5) is 25.6. The van der Waals surface area contributed by atoms with E-state index in [1.807, 2.05) is 0 Å². The van der Waals surface area contributed by atoms with Crippen molar-refractivity contribution in [3.8, 4) is 0 Å². The van der Waals surface area contributed by atoms with Crippen molar-refractivity contribution in [1.29, 1.82) is 0 Å². The van der Waals surface area contributed by atoms with Crippen LogP contribution in [0.1, 0.15) is 12.8 Å². The molecule has 1 atom stereocenters. The molecule has 1 aliphatic rings. The summed E-state index contributed by atoms with van der Waals surface area (Å²) in [5.41, 5.74) is -0.550. The van der Waals surface area contributed by atoms with Crippen molar-refractivity contribution in [3.05, 3.63) is 28.7 Å². The summed E-state index contributed by atoms with van der Waals surface area (Å²) in [7, 11) is -2.33. The molecule has 1 saturated heterocycles. The number of amides is 1. The summed E-state index contributed by atoms with van der Waals surface area (Å²) in [5, 5.41) is 2.53. The molecular formula is C12H17N3O4S. The van der Waals surface area contributed by atoms with Crippen molar-refractivity contribution in [2.75, 3.05) is 20.1 Å². The summed E-state index contributed by atoms with van der Waals surface area (Å²) in [6.07, 6.45) is 3.81. The highest BCUT2D eigenvalue weighted by Crippen LogP contribution is 2.22. The maximum absolute atomic E-state index is 12.4. The predicted octanol–water partition coefficient (Wildman–Crippen LogP) is -0.478. The number of hydrogen-bond acceptors (Lipinski definition) is 4. The molecule has 0 saturated carbocycles. The molecule has 1 amide bonds. The fourth-order valence-electron chi connectivity index (χ4n) is 2.32. The van der Waals surface area contributed by atoms with E-state index in [0.29, 0.717) is 19.4 Å². The molecule has 2 N–H and O–H groups in total. The van der Waals surface area contributed by atoms with Gasteiger partial charge in [-0.2, -0.15) is 4.31 Å². The predicted molar refractivity (Wildman–Crippen MR) is 72.6 cm³/mol. The third-order valence-electron chi connectivity index (χ3n) is 3.41. The Bertz CT molecular complexity index is 653. The van der Waals surface area contributed by atoms with Crippen molar-refractivity contribution in [2.24, 2.45) is 5.92 Å². The van der Waals surface area contributed by atoms with Gasteiger partial charge in [-0.3, -0.25) is 9.59 Å². The van der Waals surface area contributed by atoms with E-state index in [1.54, 1.807) is 0 Å². The Kier molecular flexibility index (Phi) is 4.24. The number of aromatic nitrogens is 1. The zero-order valence-corrected chi connectivity index (χ0v) is 11.9. The number of hydrogen-bond donors (Lipinski definition) is 2. The first-order chi connectivity index (χ1) is 9.46. The Morgan fingerprint density at radius 2 is 2.25 bits per heavy atom. The van der Waals surface area contributed by atoms with Gasteiger partial charge < -0.3 is 10.3 Å². The van der Waals surface area contributed by atoms with Gasteiger partial charge in [0.15, 0.2) is 0 Å². The maximum Gasteiger partial charge on any atom is 0.248 e. The number of nitrogens with zero attached hydrogens (tertiary/aromatic N) is 1. The van der Waals surface area contributed by atoms with E-state index in [4.69, 9.17) is 0 Å². The third-order valence-corrected chi connectivity index (χ3v) is 5.29. The van der Waals surface area contributed by atoms with Gasteiger partial charge in [0, 0.05) is 38.6 Å². The second-order valence-corrected chi connectivity index (χ2v) is 6.60. The van der Waals surface area contributed by atoms with Gasteiger partial charge >= 0.3 is 0 Å². The van der Waals surface area contributed by atoms with Gasteiger partial charge in [0.1, 0.15) is 4.90 Å². The lowest BCUT2D eigenvalue weighted by Gasteiger charge is -2.30. The number of carbonyl (C=O) groups excluding carboxylic acids is 1. The van der Waals surface area contributed by atoms with Gasteiger partial charge in [-0.25, -0.2) is 8.42 Å². The Hall–Kier alpha value is -1.67. The van der Waals surface area contributed by atoms with Crippen LogP contribution in [-0.4, -0.2) is 43.8 Å². The van der Waals surface area contributed by atoms with Crippen LogP contribution in [0.15, 0.2) is 28.2 Å². The van der Waals surface area contributed by atoms with Crippen LogP contribution in [-0.2, 0) is 14.8 Å². The molecule has 110 valence electrons. The fraction of sp³-hybridized carbons (Fsp3) is 0.500. The van der Waals surface area contributed by atoms with E-state index >= 15 is 0 Å². The highest BCUT2D eigenvalue weighted by molar-refractivity contribution is 7.89. The molecule has 2 rings (SSSR count). The maximum atomic E-state index is 12.4. The number of H-pyrrole nitrogens is 1. The quantitative estimate of drug-likeness (QED) is 0.787. The lowest BCUT2D eigenvalue weighted by atomic mass is 9.99. The minimum Gasteiger partial charge on any atom is -0.366 e. The molecule has 1 fully saturated rings. The summed E-state index contributed by atoms with van der Waals surface area (Å²) < 4.78 is 26.1. The van der Waals surface area contributed by atoms with Crippen LogP contribution in [0.4, 0.5) is 0 Å². The largest absolute Gasteiger partial charge is 0.366 e. The molecular weight excluding hydrogens is 282 g/mol. The van der Waals surface area contributed by atoms with E-state index < -0.39 is 15.5 Å². The summed E-state index contributed by atoms with van der Waals surface area (Å²) in [5.74, 6) is -0.543. The van der Waals surface area contributed by atoms with Gasteiger partial charge in [0.05, 0.1) is 5.92 Å². The van der Waals surface area contributed by atoms with E-state index in [-0.39, 0.29) is 23.3 Å². The smallest absolute Gasteiger partial charge is 0.248 e. The number of sulfonamides is 1. The van der Waals surface area contributed by atoms with E-state index in [9.17, 15) is 18.0 Å². The topological polar surface area (TPSA) is 99.3 Å². The zero-order valence-electron chi connectivity index (χ0n) is 11.1. The lowest BCUT2D eigenvalue weighted by molar-refractivity contribution is -0.125. The average Bonchev–Trinajstić information content (AvgIpc) is 2.47. The second-order valence-electron chi connectivity index (χ2n) is 4.69. The molecule has 1 aromatic heterocycles. The number of carbonyl (C=O) groups is 1. The van der Waals surface area contributed by atoms with Gasteiger partial charge in [-0.1, -0.05) is 0 Å². The van der Waals surface area contributed by atoms with Crippen LogP contribution in [0.5, 0.6) is 0 Å². The van der Waals surface area contributed by atoms with E-state index in [2.05, 4.69) is 10.3 Å². The van der Waals surface area contributed by atoms with Crippen LogP contribution in [0.2, 0.25) is 0 Å². The SMILES string of the molecule is CNC(=O)C1CCCN(S(=O)(=O)c2c[nH]ccc2=O)C1. The van der Waals surface area contributed by atoms with E-state index in [1.165, 1.54) is 29.8 Å². The number of pyridine rings is 1. The van der Waals surface area contributed by atoms with Crippen molar-refractivity contribution in [3.63, 3.8) is 0 Å². The molecule has 0 aromatic carbocycles. The molecule has 0 radical (unpaired) electrons. The lowest BCUT2D eigenvalue weighted by Crippen LogP contribution is -2.45. The van der Waals surface area contributed by atoms with Gasteiger partial charge in [0.2, 0.25) is 21.4 Å². The van der Waals surface area contributed by atoms with Crippen LogP contribution < -0.4 is 10.7 Å². The number of piperidine rings is 1. The average molecular weight is 299 g/mol. The molecule has 2 heterocycles. The molecule has 0 spiro atoms. The zero-order chi connectivity index (χ0) is 14.8. The molecule has 1 aliphatic heterocycles. The number of aromatic amines is 1. The summed E-state index contributed by atoms with van der Waals surface area (Å²) >= 11 is 0. The van der Waals surface area contributed by atoms with Crippen LogP contribution >= 0.6 is 0 Å². The molecule has 0 aliphatic carbocycles. The van der Waals surface area contributed by atoms with Crippen LogP contribution in [0, 0.1) is 5.92 Å².